The summed E-state index contributed by atoms with van der Waals surface area (Å²) in [7, 11) is -3.81. The Bertz CT molecular complexity index is 1160. The van der Waals surface area contributed by atoms with E-state index in [1.807, 2.05) is 24.3 Å². The molecule has 1 N–H and O–H groups in total. The predicted molar refractivity (Wildman–Crippen MR) is 132 cm³/mol. The van der Waals surface area contributed by atoms with Crippen LogP contribution in [0.25, 0.3) is 0 Å². The van der Waals surface area contributed by atoms with E-state index in [0.29, 0.717) is 18.0 Å². The summed E-state index contributed by atoms with van der Waals surface area (Å²) in [5, 5.41) is 2.73. The number of sulfonamides is 1. The van der Waals surface area contributed by atoms with Crippen LogP contribution in [0, 0.1) is 0 Å². The minimum Gasteiger partial charge on any atom is -0.454 e. The first-order valence-corrected chi connectivity index (χ1v) is 13.3. The Morgan fingerprint density at radius 1 is 1.12 bits per heavy atom. The molecule has 1 atom stereocenters. The Balaban J connectivity index is 1.94. The lowest BCUT2D eigenvalue weighted by atomic mass is 10.1. The number of rotatable bonds is 10. The molecule has 3 rings (SSSR count). The topological polar surface area (TPSA) is 105 Å². The van der Waals surface area contributed by atoms with Crippen molar-refractivity contribution in [3.05, 3.63) is 52.5 Å². The zero-order chi connectivity index (χ0) is 24.9. The molecule has 0 aliphatic carbocycles. The number of benzene rings is 2. The van der Waals surface area contributed by atoms with E-state index in [1.165, 1.54) is 17.9 Å². The Morgan fingerprint density at radius 2 is 1.85 bits per heavy atom. The smallest absolute Gasteiger partial charge is 0.244 e. The van der Waals surface area contributed by atoms with E-state index in [-0.39, 0.29) is 30.7 Å². The van der Waals surface area contributed by atoms with E-state index in [1.54, 1.807) is 26.0 Å². The Labute approximate surface area is 208 Å². The van der Waals surface area contributed by atoms with Crippen molar-refractivity contribution in [2.24, 2.45) is 0 Å². The van der Waals surface area contributed by atoms with Gasteiger partial charge < -0.3 is 19.7 Å². The molecule has 0 fully saturated rings. The predicted octanol–water partition coefficient (Wildman–Crippen LogP) is 2.89. The van der Waals surface area contributed by atoms with Gasteiger partial charge in [-0.1, -0.05) is 28.1 Å². The molecule has 2 amide bonds. The van der Waals surface area contributed by atoms with Gasteiger partial charge in [-0.25, -0.2) is 8.42 Å². The van der Waals surface area contributed by atoms with Crippen molar-refractivity contribution >= 4 is 43.5 Å². The zero-order valence-corrected chi connectivity index (χ0v) is 21.7. The summed E-state index contributed by atoms with van der Waals surface area (Å²) in [6.07, 6.45) is 0. The van der Waals surface area contributed by atoms with Gasteiger partial charge in [-0.15, -0.1) is 0 Å². The van der Waals surface area contributed by atoms with Gasteiger partial charge >= 0.3 is 0 Å². The van der Waals surface area contributed by atoms with Gasteiger partial charge in [0.2, 0.25) is 28.6 Å². The molecular formula is C23H28BrN3O6S. The number of ether oxygens (including phenoxy) is 2. The number of carbonyl (C=O) groups is 2. The van der Waals surface area contributed by atoms with Gasteiger partial charge in [0.25, 0.3) is 0 Å². The third-order valence-electron chi connectivity index (χ3n) is 5.38. The van der Waals surface area contributed by atoms with E-state index in [2.05, 4.69) is 21.2 Å². The molecule has 0 unspecified atom stereocenters. The van der Waals surface area contributed by atoms with E-state index in [9.17, 15) is 18.0 Å². The van der Waals surface area contributed by atoms with Crippen LogP contribution in [0.1, 0.15) is 26.3 Å². The van der Waals surface area contributed by atoms with E-state index in [4.69, 9.17) is 9.47 Å². The van der Waals surface area contributed by atoms with Gasteiger partial charge in [-0.05, 0) is 50.6 Å². The molecule has 1 aliphatic heterocycles. The summed E-state index contributed by atoms with van der Waals surface area (Å²) in [6.45, 7) is 5.06. The molecule has 34 heavy (non-hydrogen) atoms. The van der Waals surface area contributed by atoms with Gasteiger partial charge in [0, 0.05) is 23.6 Å². The number of nitrogens with one attached hydrogen (secondary N) is 1. The largest absolute Gasteiger partial charge is 0.454 e. The fourth-order valence-corrected chi connectivity index (χ4v) is 5.00. The summed E-state index contributed by atoms with van der Waals surface area (Å²) < 4.78 is 38.5. The van der Waals surface area contributed by atoms with Crippen LogP contribution in [0.4, 0.5) is 5.69 Å². The molecule has 1 heterocycles. The molecule has 184 valence electrons. The molecule has 0 bridgehead atoms. The average Bonchev–Trinajstić information content (AvgIpc) is 3.28. The number of halogens is 1. The summed E-state index contributed by atoms with van der Waals surface area (Å²) >= 11 is 3.42. The fourth-order valence-electron chi connectivity index (χ4n) is 3.50. The first kappa shape index (κ1) is 25.8. The second kappa shape index (κ2) is 11.1. The van der Waals surface area contributed by atoms with Gasteiger partial charge in [0.15, 0.2) is 11.5 Å². The van der Waals surface area contributed by atoms with Crippen molar-refractivity contribution in [1.82, 2.24) is 10.2 Å². The normalized spacial score (nSPS) is 13.3. The van der Waals surface area contributed by atoms with Gasteiger partial charge in [-0.2, -0.15) is 0 Å². The lowest BCUT2D eigenvalue weighted by Crippen LogP contribution is -2.51. The molecule has 0 saturated heterocycles. The minimum atomic E-state index is -3.81. The maximum atomic E-state index is 13.5. The molecule has 9 nitrogen and oxygen atoms in total. The second-order valence-electron chi connectivity index (χ2n) is 7.67. The van der Waals surface area contributed by atoms with Crippen LogP contribution in [0.3, 0.4) is 0 Å². The van der Waals surface area contributed by atoms with Crippen LogP contribution < -0.4 is 19.1 Å². The summed E-state index contributed by atoms with van der Waals surface area (Å²) in [4.78, 5) is 27.5. The van der Waals surface area contributed by atoms with Crippen molar-refractivity contribution in [1.29, 1.82) is 0 Å². The highest BCUT2D eigenvalue weighted by atomic mass is 79.9. The monoisotopic (exact) mass is 553 g/mol. The number of nitrogens with zero attached hydrogens (tertiary/aromatic N) is 2. The lowest BCUT2D eigenvalue weighted by molar-refractivity contribution is -0.139. The van der Waals surface area contributed by atoms with Crippen LogP contribution in [0.2, 0.25) is 0 Å². The molecule has 0 saturated carbocycles. The van der Waals surface area contributed by atoms with Gasteiger partial charge in [-0.3, -0.25) is 13.9 Å². The van der Waals surface area contributed by atoms with Crippen molar-refractivity contribution in [2.75, 3.05) is 29.9 Å². The Kier molecular flexibility index (Phi) is 8.42. The molecular weight excluding hydrogens is 526 g/mol. The molecule has 2 aromatic rings. The number of hydrogen-bond acceptors (Lipinski definition) is 6. The average molecular weight is 554 g/mol. The standard InChI is InChI=1S/C23H28BrN3O6S/c1-4-25-23(29)16(3)26(13-17-7-6-8-18(24)11-17)22(28)14-27(34(30,31)5-2)19-9-10-20-21(12-19)33-15-32-20/h6-12,16H,4-5,13-15H2,1-3H3,(H,25,29)/t16-/m0/s1. The fraction of sp³-hybridized carbons (Fsp3) is 0.391. The summed E-state index contributed by atoms with van der Waals surface area (Å²) in [5.74, 6) is -0.119. The van der Waals surface area contributed by atoms with Crippen molar-refractivity contribution in [3.63, 3.8) is 0 Å². The van der Waals surface area contributed by atoms with Crippen LogP contribution in [-0.2, 0) is 26.2 Å². The van der Waals surface area contributed by atoms with Crippen LogP contribution in [0.15, 0.2) is 46.9 Å². The first-order chi connectivity index (χ1) is 16.2. The first-order valence-electron chi connectivity index (χ1n) is 10.9. The summed E-state index contributed by atoms with van der Waals surface area (Å²) in [6, 6.07) is 11.3. The quantitative estimate of drug-likeness (QED) is 0.485. The van der Waals surface area contributed by atoms with E-state index >= 15 is 0 Å². The molecule has 11 heteroatoms. The maximum Gasteiger partial charge on any atom is 0.244 e. The number of likely N-dealkylation sites (N-methyl/N-ethyl adjacent to an activating group) is 1. The van der Waals surface area contributed by atoms with Crippen LogP contribution in [-0.4, -0.2) is 56.8 Å². The zero-order valence-electron chi connectivity index (χ0n) is 19.3. The number of amides is 2. The van der Waals surface area contributed by atoms with Crippen LogP contribution >= 0.6 is 15.9 Å². The van der Waals surface area contributed by atoms with Gasteiger partial charge in [0.1, 0.15) is 12.6 Å². The van der Waals surface area contributed by atoms with Gasteiger partial charge in [0.05, 0.1) is 11.4 Å². The highest BCUT2D eigenvalue weighted by Crippen LogP contribution is 2.36. The molecule has 0 spiro atoms. The minimum absolute atomic E-state index is 0.0444. The van der Waals surface area contributed by atoms with Crippen LogP contribution in [0.5, 0.6) is 11.5 Å². The molecule has 2 aromatic carbocycles. The molecule has 1 aliphatic rings. The number of fused-ring (bicyclic) bond motifs is 1. The SMILES string of the molecule is CCNC(=O)[C@H](C)N(Cc1cccc(Br)c1)C(=O)CN(c1ccc2c(c1)OCO2)S(=O)(=O)CC. The third-order valence-corrected chi connectivity index (χ3v) is 7.62. The van der Waals surface area contributed by atoms with Crippen molar-refractivity contribution in [3.8, 4) is 11.5 Å². The third kappa shape index (κ3) is 6.01. The Hall–Kier alpha value is -2.79. The lowest BCUT2D eigenvalue weighted by Gasteiger charge is -2.31. The van der Waals surface area contributed by atoms with E-state index < -0.39 is 28.5 Å². The molecule has 0 aromatic heterocycles. The van der Waals surface area contributed by atoms with Crippen molar-refractivity contribution in [2.45, 2.75) is 33.4 Å². The summed E-state index contributed by atoms with van der Waals surface area (Å²) in [5.41, 5.74) is 1.08. The second-order valence-corrected chi connectivity index (χ2v) is 10.8. The number of anilines is 1. The highest BCUT2D eigenvalue weighted by Gasteiger charge is 2.31. The maximum absolute atomic E-state index is 13.5. The number of carbonyl (C=O) groups excluding carboxylic acids is 2. The molecule has 0 radical (unpaired) electrons. The number of hydrogen-bond donors (Lipinski definition) is 1. The van der Waals surface area contributed by atoms with E-state index in [0.717, 1.165) is 14.3 Å². The Morgan fingerprint density at radius 3 is 2.53 bits per heavy atom. The highest BCUT2D eigenvalue weighted by molar-refractivity contribution is 9.10. The van der Waals surface area contributed by atoms with Crippen molar-refractivity contribution < 1.29 is 27.5 Å².